The van der Waals surface area contributed by atoms with Crippen LogP contribution in [-0.2, 0) is 0 Å². The standard InChI is InChI=1S/C8H16O7/c9-2-1-8(15)6(13)4(11)3(10)5(12)7(8)14/h3-7,9-15H,1-2H2. The Morgan fingerprint density at radius 2 is 1.20 bits per heavy atom. The average molecular weight is 224 g/mol. The maximum absolute atomic E-state index is 9.78. The summed E-state index contributed by atoms with van der Waals surface area (Å²) in [7, 11) is 0. The van der Waals surface area contributed by atoms with Crippen LogP contribution in [0.2, 0.25) is 0 Å². The molecule has 4 atom stereocenters. The molecule has 0 aromatic heterocycles. The van der Waals surface area contributed by atoms with Crippen LogP contribution in [0.4, 0.5) is 0 Å². The Labute approximate surface area is 85.8 Å². The van der Waals surface area contributed by atoms with Crippen LogP contribution >= 0.6 is 0 Å². The Morgan fingerprint density at radius 3 is 1.53 bits per heavy atom. The second-order valence-corrected chi connectivity index (χ2v) is 3.83. The average Bonchev–Trinajstić information content (AvgIpc) is 2.22. The molecule has 0 saturated heterocycles. The van der Waals surface area contributed by atoms with Crippen LogP contribution in [0.25, 0.3) is 0 Å². The molecule has 7 N–H and O–H groups in total. The van der Waals surface area contributed by atoms with Crippen LogP contribution in [0.3, 0.4) is 0 Å². The van der Waals surface area contributed by atoms with Crippen LogP contribution in [0, 0.1) is 0 Å². The highest BCUT2D eigenvalue weighted by Gasteiger charge is 2.56. The molecule has 0 aliphatic heterocycles. The lowest BCUT2D eigenvalue weighted by Crippen LogP contribution is -2.70. The molecule has 1 aliphatic carbocycles. The second kappa shape index (κ2) is 4.30. The van der Waals surface area contributed by atoms with Crippen molar-refractivity contribution < 1.29 is 35.7 Å². The van der Waals surface area contributed by atoms with E-state index in [0.717, 1.165) is 0 Å². The maximum Gasteiger partial charge on any atom is 0.124 e. The van der Waals surface area contributed by atoms with Gasteiger partial charge in [0, 0.05) is 13.0 Å². The number of hydrogen-bond acceptors (Lipinski definition) is 7. The first-order valence-electron chi connectivity index (χ1n) is 4.60. The molecule has 0 spiro atoms. The minimum atomic E-state index is -2.23. The summed E-state index contributed by atoms with van der Waals surface area (Å²) >= 11 is 0. The van der Waals surface area contributed by atoms with Crippen molar-refractivity contribution in [2.24, 2.45) is 0 Å². The SMILES string of the molecule is OCCC1(O)C(O)C(O)C(O)C(O)C1O. The van der Waals surface area contributed by atoms with Gasteiger partial charge in [-0.25, -0.2) is 0 Å². The van der Waals surface area contributed by atoms with Gasteiger partial charge in [0.05, 0.1) is 0 Å². The van der Waals surface area contributed by atoms with Crippen LogP contribution in [-0.4, -0.2) is 78.5 Å². The Bertz CT molecular complexity index is 205. The molecule has 1 saturated carbocycles. The van der Waals surface area contributed by atoms with E-state index in [4.69, 9.17) is 5.11 Å². The van der Waals surface area contributed by atoms with Crippen molar-refractivity contribution in [2.75, 3.05) is 6.61 Å². The van der Waals surface area contributed by atoms with E-state index in [1.54, 1.807) is 0 Å². The highest BCUT2D eigenvalue weighted by molar-refractivity contribution is 5.08. The highest BCUT2D eigenvalue weighted by atomic mass is 16.4. The van der Waals surface area contributed by atoms with Crippen molar-refractivity contribution in [3.8, 4) is 0 Å². The Balaban J connectivity index is 2.95. The molecule has 1 fully saturated rings. The molecule has 0 heterocycles. The number of aliphatic hydroxyl groups is 7. The van der Waals surface area contributed by atoms with E-state index in [0.29, 0.717) is 0 Å². The molecule has 7 heteroatoms. The molecular formula is C8H16O7. The molecule has 1 rings (SSSR count). The van der Waals surface area contributed by atoms with Crippen molar-refractivity contribution in [3.05, 3.63) is 0 Å². The second-order valence-electron chi connectivity index (χ2n) is 3.83. The van der Waals surface area contributed by atoms with Crippen molar-refractivity contribution >= 4 is 0 Å². The third-order valence-corrected chi connectivity index (χ3v) is 2.88. The molecule has 15 heavy (non-hydrogen) atoms. The van der Waals surface area contributed by atoms with Crippen LogP contribution in [0.5, 0.6) is 0 Å². The van der Waals surface area contributed by atoms with Gasteiger partial charge in [-0.2, -0.15) is 0 Å². The fourth-order valence-electron chi connectivity index (χ4n) is 1.82. The normalized spacial score (nSPS) is 51.8. The molecule has 7 nitrogen and oxygen atoms in total. The predicted molar refractivity (Wildman–Crippen MR) is 46.7 cm³/mol. The van der Waals surface area contributed by atoms with Crippen LogP contribution < -0.4 is 0 Å². The van der Waals surface area contributed by atoms with E-state index in [2.05, 4.69) is 0 Å². The molecule has 0 aromatic rings. The van der Waals surface area contributed by atoms with E-state index in [9.17, 15) is 30.6 Å². The van der Waals surface area contributed by atoms with E-state index in [-0.39, 0.29) is 0 Å². The van der Waals surface area contributed by atoms with E-state index < -0.39 is 49.1 Å². The van der Waals surface area contributed by atoms with Gasteiger partial charge >= 0.3 is 0 Å². The van der Waals surface area contributed by atoms with Crippen molar-refractivity contribution in [3.63, 3.8) is 0 Å². The van der Waals surface area contributed by atoms with Gasteiger partial charge in [0.1, 0.15) is 36.1 Å². The summed E-state index contributed by atoms with van der Waals surface area (Å²) in [6.45, 7) is -0.542. The van der Waals surface area contributed by atoms with Gasteiger partial charge in [-0.3, -0.25) is 0 Å². The summed E-state index contributed by atoms with van der Waals surface area (Å²) in [6, 6.07) is 0. The Hall–Kier alpha value is -0.280. The van der Waals surface area contributed by atoms with E-state index >= 15 is 0 Å². The molecule has 4 unspecified atom stereocenters. The van der Waals surface area contributed by atoms with Crippen molar-refractivity contribution in [2.45, 2.75) is 42.5 Å². The van der Waals surface area contributed by atoms with E-state index in [1.807, 2.05) is 0 Å². The summed E-state index contributed by atoms with van der Waals surface area (Å²) < 4.78 is 0. The third-order valence-electron chi connectivity index (χ3n) is 2.88. The van der Waals surface area contributed by atoms with Gasteiger partial charge < -0.3 is 35.7 Å². The first-order chi connectivity index (χ1) is 6.86. The number of aliphatic hydroxyl groups excluding tert-OH is 6. The smallest absolute Gasteiger partial charge is 0.124 e. The highest BCUT2D eigenvalue weighted by Crippen LogP contribution is 2.32. The van der Waals surface area contributed by atoms with Gasteiger partial charge in [0.25, 0.3) is 0 Å². The molecule has 0 amide bonds. The summed E-state index contributed by atoms with van der Waals surface area (Å²) in [5, 5.41) is 65.1. The first-order valence-corrected chi connectivity index (χ1v) is 4.60. The third kappa shape index (κ3) is 1.87. The van der Waals surface area contributed by atoms with Crippen LogP contribution in [0.1, 0.15) is 6.42 Å². The largest absolute Gasteiger partial charge is 0.396 e. The molecule has 0 aromatic carbocycles. The van der Waals surface area contributed by atoms with Crippen molar-refractivity contribution in [1.82, 2.24) is 0 Å². The number of rotatable bonds is 2. The quantitative estimate of drug-likeness (QED) is 0.253. The summed E-state index contributed by atoms with van der Waals surface area (Å²) in [5.41, 5.74) is -2.23. The van der Waals surface area contributed by atoms with Gasteiger partial charge in [0.15, 0.2) is 0 Å². The molecule has 0 radical (unpaired) electrons. The minimum Gasteiger partial charge on any atom is -0.396 e. The lowest BCUT2D eigenvalue weighted by Gasteiger charge is -2.47. The van der Waals surface area contributed by atoms with Gasteiger partial charge in [0.2, 0.25) is 0 Å². The zero-order chi connectivity index (χ0) is 11.8. The maximum atomic E-state index is 9.78. The molecule has 0 bridgehead atoms. The van der Waals surface area contributed by atoms with Gasteiger partial charge in [-0.1, -0.05) is 0 Å². The summed E-state index contributed by atoms with van der Waals surface area (Å²) in [5.74, 6) is 0. The minimum absolute atomic E-state index is 0.420. The zero-order valence-electron chi connectivity index (χ0n) is 7.93. The van der Waals surface area contributed by atoms with E-state index in [1.165, 1.54) is 0 Å². The lowest BCUT2D eigenvalue weighted by atomic mass is 9.73. The summed E-state index contributed by atoms with van der Waals surface area (Å²) in [6.07, 6.45) is -9.39. The molecule has 90 valence electrons. The first kappa shape index (κ1) is 12.8. The zero-order valence-corrected chi connectivity index (χ0v) is 7.93. The topological polar surface area (TPSA) is 142 Å². The fraction of sp³-hybridized carbons (Fsp3) is 1.00. The van der Waals surface area contributed by atoms with Crippen LogP contribution in [0.15, 0.2) is 0 Å². The number of hydrogen-bond donors (Lipinski definition) is 7. The fourth-order valence-corrected chi connectivity index (χ4v) is 1.82. The van der Waals surface area contributed by atoms with Crippen molar-refractivity contribution in [1.29, 1.82) is 0 Å². The Kier molecular flexibility index (Phi) is 3.67. The lowest BCUT2D eigenvalue weighted by molar-refractivity contribution is -0.271. The summed E-state index contributed by atoms with van der Waals surface area (Å²) in [4.78, 5) is 0. The van der Waals surface area contributed by atoms with Gasteiger partial charge in [-0.05, 0) is 0 Å². The van der Waals surface area contributed by atoms with Gasteiger partial charge in [-0.15, -0.1) is 0 Å². The monoisotopic (exact) mass is 224 g/mol. The molecular weight excluding hydrogens is 208 g/mol. The Morgan fingerprint density at radius 1 is 0.800 bits per heavy atom. The predicted octanol–water partition coefficient (Wildman–Crippen LogP) is -4.08. The molecule has 1 aliphatic rings.